The number of aromatic nitrogens is 4. The van der Waals surface area contributed by atoms with E-state index in [2.05, 4.69) is 20.7 Å². The number of nitrogens with one attached hydrogen (secondary N) is 1. The monoisotopic (exact) mass is 325 g/mol. The summed E-state index contributed by atoms with van der Waals surface area (Å²) in [6.45, 7) is 1.98. The van der Waals surface area contributed by atoms with Gasteiger partial charge in [0.15, 0.2) is 0 Å². The Morgan fingerprint density at radius 1 is 1.17 bits per heavy atom. The van der Waals surface area contributed by atoms with Crippen LogP contribution in [0.1, 0.15) is 12.5 Å². The van der Waals surface area contributed by atoms with Crippen LogP contribution in [0.3, 0.4) is 0 Å². The molecule has 24 heavy (non-hydrogen) atoms. The Labute approximate surface area is 138 Å². The molecule has 0 aliphatic carbocycles. The first-order chi connectivity index (χ1) is 11.7. The van der Waals surface area contributed by atoms with Gasteiger partial charge in [0.2, 0.25) is 11.7 Å². The normalized spacial score (nSPS) is 10.6. The molecule has 0 radical (unpaired) electrons. The largest absolute Gasteiger partial charge is 0.324 e. The van der Waals surface area contributed by atoms with Gasteiger partial charge in [0.1, 0.15) is 12.4 Å². The minimum Gasteiger partial charge on any atom is -0.324 e. The van der Waals surface area contributed by atoms with Gasteiger partial charge < -0.3 is 5.32 Å². The second-order valence-corrected chi connectivity index (χ2v) is 5.21. The maximum atomic E-state index is 12.9. The van der Waals surface area contributed by atoms with Gasteiger partial charge >= 0.3 is 0 Å². The minimum absolute atomic E-state index is 0.0494. The first-order valence-corrected chi connectivity index (χ1v) is 7.57. The molecule has 0 unspecified atom stereocenters. The van der Waals surface area contributed by atoms with Crippen LogP contribution >= 0.6 is 0 Å². The molecular weight excluding hydrogens is 309 g/mol. The van der Waals surface area contributed by atoms with Crippen LogP contribution in [0, 0.1) is 5.82 Å². The van der Waals surface area contributed by atoms with Crippen LogP contribution in [0.2, 0.25) is 0 Å². The maximum Gasteiger partial charge on any atom is 0.248 e. The number of carbonyl (C=O) groups excluding carboxylic acids is 1. The molecule has 0 aliphatic heterocycles. The van der Waals surface area contributed by atoms with Gasteiger partial charge in [-0.05, 0) is 47.5 Å². The third-order valence-corrected chi connectivity index (χ3v) is 3.51. The highest BCUT2D eigenvalue weighted by molar-refractivity contribution is 5.91. The fourth-order valence-corrected chi connectivity index (χ4v) is 2.29. The lowest BCUT2D eigenvalue weighted by molar-refractivity contribution is -0.117. The van der Waals surface area contributed by atoms with E-state index in [1.807, 2.05) is 31.2 Å². The summed E-state index contributed by atoms with van der Waals surface area (Å²) in [7, 11) is 0. The van der Waals surface area contributed by atoms with Crippen molar-refractivity contribution in [2.24, 2.45) is 0 Å². The van der Waals surface area contributed by atoms with Crippen molar-refractivity contribution in [3.05, 3.63) is 59.9 Å². The zero-order valence-electron chi connectivity index (χ0n) is 13.1. The van der Waals surface area contributed by atoms with Crippen LogP contribution in [0.4, 0.5) is 10.1 Å². The highest BCUT2D eigenvalue weighted by atomic mass is 19.1. The Kier molecular flexibility index (Phi) is 4.60. The zero-order chi connectivity index (χ0) is 16.9. The van der Waals surface area contributed by atoms with Gasteiger partial charge in [0, 0.05) is 11.3 Å². The van der Waals surface area contributed by atoms with Crippen LogP contribution in [-0.2, 0) is 17.8 Å². The lowest BCUT2D eigenvalue weighted by atomic mass is 10.1. The van der Waals surface area contributed by atoms with Crippen molar-refractivity contribution in [2.75, 3.05) is 5.32 Å². The van der Waals surface area contributed by atoms with E-state index >= 15 is 0 Å². The average Bonchev–Trinajstić information content (AvgIpc) is 3.04. The van der Waals surface area contributed by atoms with Crippen molar-refractivity contribution < 1.29 is 9.18 Å². The Morgan fingerprint density at radius 3 is 2.67 bits per heavy atom. The second-order valence-electron chi connectivity index (χ2n) is 5.21. The average molecular weight is 325 g/mol. The van der Waals surface area contributed by atoms with Crippen molar-refractivity contribution in [3.63, 3.8) is 0 Å². The quantitative estimate of drug-likeness (QED) is 0.783. The lowest BCUT2D eigenvalue weighted by Gasteiger charge is -2.08. The first-order valence-electron chi connectivity index (χ1n) is 7.57. The highest BCUT2D eigenvalue weighted by Crippen LogP contribution is 2.16. The number of amides is 1. The standard InChI is InChI=1S/C17H16FN5O/c1-2-12-5-3-4-6-15(12)19-16(24)11-23-21-17(20-22-23)13-7-9-14(18)10-8-13/h3-10H,2,11H2,1H3,(H,19,24). The van der Waals surface area contributed by atoms with Crippen molar-refractivity contribution in [3.8, 4) is 11.4 Å². The molecule has 0 saturated carbocycles. The van der Waals surface area contributed by atoms with Crippen LogP contribution in [0.25, 0.3) is 11.4 Å². The first kappa shape index (κ1) is 15.8. The number of hydrogen-bond donors (Lipinski definition) is 1. The summed E-state index contributed by atoms with van der Waals surface area (Å²) in [5.74, 6) is -0.226. The summed E-state index contributed by atoms with van der Waals surface area (Å²) < 4.78 is 12.9. The minimum atomic E-state index is -0.333. The molecule has 1 aromatic heterocycles. The number of benzene rings is 2. The number of hydrogen-bond acceptors (Lipinski definition) is 4. The Morgan fingerprint density at radius 2 is 1.92 bits per heavy atom. The number of tetrazole rings is 1. The summed E-state index contributed by atoms with van der Waals surface area (Å²) >= 11 is 0. The summed E-state index contributed by atoms with van der Waals surface area (Å²) in [6, 6.07) is 13.4. The van der Waals surface area contributed by atoms with Gasteiger partial charge in [0.05, 0.1) is 0 Å². The fraction of sp³-hybridized carbons (Fsp3) is 0.176. The predicted molar refractivity (Wildman–Crippen MR) is 87.7 cm³/mol. The number of halogens is 1. The summed E-state index contributed by atoms with van der Waals surface area (Å²) in [4.78, 5) is 13.4. The number of aryl methyl sites for hydroxylation is 1. The topological polar surface area (TPSA) is 72.7 Å². The molecule has 0 saturated heterocycles. The molecule has 1 N–H and O–H groups in total. The maximum absolute atomic E-state index is 12.9. The molecule has 0 spiro atoms. The fourth-order valence-electron chi connectivity index (χ4n) is 2.29. The van der Waals surface area contributed by atoms with E-state index in [-0.39, 0.29) is 18.3 Å². The van der Waals surface area contributed by atoms with Gasteiger partial charge in [-0.3, -0.25) is 4.79 Å². The smallest absolute Gasteiger partial charge is 0.248 e. The number of anilines is 1. The molecule has 7 heteroatoms. The van der Waals surface area contributed by atoms with Gasteiger partial charge in [0.25, 0.3) is 0 Å². The molecule has 3 rings (SSSR count). The molecule has 0 bridgehead atoms. The third-order valence-electron chi connectivity index (χ3n) is 3.51. The molecular formula is C17H16FN5O. The van der Waals surface area contributed by atoms with Crippen molar-refractivity contribution in [1.29, 1.82) is 0 Å². The predicted octanol–water partition coefficient (Wildman–Crippen LogP) is 2.68. The van der Waals surface area contributed by atoms with Crippen LogP contribution in [0.15, 0.2) is 48.5 Å². The molecule has 2 aromatic carbocycles. The summed E-state index contributed by atoms with van der Waals surface area (Å²) in [5.41, 5.74) is 2.48. The molecule has 0 fully saturated rings. The molecule has 1 amide bonds. The zero-order valence-corrected chi connectivity index (χ0v) is 13.1. The number of rotatable bonds is 5. The van der Waals surface area contributed by atoms with E-state index in [0.717, 1.165) is 17.7 Å². The molecule has 3 aromatic rings. The van der Waals surface area contributed by atoms with Crippen LogP contribution in [0.5, 0.6) is 0 Å². The van der Waals surface area contributed by atoms with E-state index in [0.29, 0.717) is 11.4 Å². The molecule has 0 atom stereocenters. The van der Waals surface area contributed by atoms with E-state index in [9.17, 15) is 9.18 Å². The van der Waals surface area contributed by atoms with Gasteiger partial charge in [-0.2, -0.15) is 4.80 Å². The van der Waals surface area contributed by atoms with E-state index < -0.39 is 0 Å². The Bertz CT molecular complexity index is 844. The highest BCUT2D eigenvalue weighted by Gasteiger charge is 2.10. The van der Waals surface area contributed by atoms with Gasteiger partial charge in [-0.25, -0.2) is 4.39 Å². The number of para-hydroxylation sites is 1. The lowest BCUT2D eigenvalue weighted by Crippen LogP contribution is -2.21. The van der Waals surface area contributed by atoms with Crippen molar-refractivity contribution in [2.45, 2.75) is 19.9 Å². The molecule has 122 valence electrons. The van der Waals surface area contributed by atoms with Crippen molar-refractivity contribution >= 4 is 11.6 Å². The SMILES string of the molecule is CCc1ccccc1NC(=O)Cn1nnc(-c2ccc(F)cc2)n1. The Balaban J connectivity index is 1.68. The molecule has 6 nitrogen and oxygen atoms in total. The van der Waals surface area contributed by atoms with E-state index in [1.165, 1.54) is 16.9 Å². The van der Waals surface area contributed by atoms with E-state index in [1.54, 1.807) is 12.1 Å². The van der Waals surface area contributed by atoms with Crippen LogP contribution in [-0.4, -0.2) is 26.1 Å². The second kappa shape index (κ2) is 6.99. The van der Waals surface area contributed by atoms with Crippen molar-refractivity contribution in [1.82, 2.24) is 20.2 Å². The molecule has 0 aliphatic rings. The van der Waals surface area contributed by atoms with Gasteiger partial charge in [-0.1, -0.05) is 25.1 Å². The number of nitrogens with zero attached hydrogens (tertiary/aromatic N) is 4. The number of carbonyl (C=O) groups is 1. The summed E-state index contributed by atoms with van der Waals surface area (Å²) in [6.07, 6.45) is 0.826. The summed E-state index contributed by atoms with van der Waals surface area (Å²) in [5, 5.41) is 14.7. The third kappa shape index (κ3) is 3.62. The Hall–Kier alpha value is -3.09. The van der Waals surface area contributed by atoms with E-state index in [4.69, 9.17) is 0 Å². The van der Waals surface area contributed by atoms with Gasteiger partial charge in [-0.15, -0.1) is 10.2 Å². The van der Waals surface area contributed by atoms with Crippen LogP contribution < -0.4 is 5.32 Å². The molecule has 1 heterocycles.